The molecule has 0 fully saturated rings. The van der Waals surface area contributed by atoms with E-state index in [9.17, 15) is 9.59 Å². The number of imidazole rings is 1. The van der Waals surface area contributed by atoms with E-state index in [2.05, 4.69) is 17.2 Å². The summed E-state index contributed by atoms with van der Waals surface area (Å²) in [5, 5.41) is 4.01. The maximum absolute atomic E-state index is 12.2. The quantitative estimate of drug-likeness (QED) is 0.426. The summed E-state index contributed by atoms with van der Waals surface area (Å²) in [7, 11) is 0. The van der Waals surface area contributed by atoms with Crippen molar-refractivity contribution in [1.29, 1.82) is 0 Å². The van der Waals surface area contributed by atoms with Crippen molar-refractivity contribution in [3.63, 3.8) is 0 Å². The van der Waals surface area contributed by atoms with E-state index in [0.29, 0.717) is 25.3 Å². The number of aryl methyl sites for hydroxylation is 1. The van der Waals surface area contributed by atoms with Gasteiger partial charge in [0.25, 0.3) is 0 Å². The van der Waals surface area contributed by atoms with Gasteiger partial charge in [0, 0.05) is 31.1 Å². The molecule has 0 saturated heterocycles. The van der Waals surface area contributed by atoms with Gasteiger partial charge in [-0.2, -0.15) is 0 Å². The Bertz CT molecular complexity index is 891. The van der Waals surface area contributed by atoms with E-state index < -0.39 is 0 Å². The van der Waals surface area contributed by atoms with Gasteiger partial charge in [-0.25, -0.2) is 4.98 Å². The molecule has 30 heavy (non-hydrogen) atoms. The normalized spacial score (nSPS) is 15.5. The molecule has 0 radical (unpaired) electrons. The number of nitrogens with one attached hydrogen (secondary N) is 1. The molecule has 0 bridgehead atoms. The molecule has 1 unspecified atom stereocenters. The third kappa shape index (κ3) is 6.28. The standard InChI is InChI=1S/C15H22N4O2.C8H9Cl/c1-4-16-7-5-6-15(21)18-9-11(2)19-13(12(3)20)8-17-14(19)10-18;1-2-7-5-3-4-6-8(7)9/h5-6,8,11,16H,4,7,9-10H2,1-3H3;3-6H,2H2,1H3/b6-5+;. The second kappa shape index (κ2) is 11.7. The van der Waals surface area contributed by atoms with Gasteiger partial charge in [-0.1, -0.05) is 49.7 Å². The molecule has 1 amide bonds. The average molecular weight is 431 g/mol. The summed E-state index contributed by atoms with van der Waals surface area (Å²) in [6.45, 7) is 10.3. The van der Waals surface area contributed by atoms with Gasteiger partial charge in [0.1, 0.15) is 11.5 Å². The highest BCUT2D eigenvalue weighted by molar-refractivity contribution is 6.31. The van der Waals surface area contributed by atoms with Gasteiger partial charge in [-0.05, 0) is 31.5 Å². The predicted octanol–water partition coefficient (Wildman–Crippen LogP) is 4.06. The number of ketones is 1. The van der Waals surface area contributed by atoms with Crippen LogP contribution in [0.25, 0.3) is 0 Å². The zero-order valence-electron chi connectivity index (χ0n) is 18.2. The average Bonchev–Trinajstić information content (AvgIpc) is 3.17. The van der Waals surface area contributed by atoms with Crippen molar-refractivity contribution < 1.29 is 9.59 Å². The first-order valence-corrected chi connectivity index (χ1v) is 10.7. The van der Waals surface area contributed by atoms with Crippen molar-refractivity contribution in [1.82, 2.24) is 19.8 Å². The van der Waals surface area contributed by atoms with Crippen LogP contribution in [0.5, 0.6) is 0 Å². The lowest BCUT2D eigenvalue weighted by Gasteiger charge is -2.32. The number of benzene rings is 1. The van der Waals surface area contributed by atoms with Crippen molar-refractivity contribution in [2.24, 2.45) is 0 Å². The number of aromatic nitrogens is 2. The van der Waals surface area contributed by atoms with Crippen LogP contribution in [-0.2, 0) is 17.8 Å². The van der Waals surface area contributed by atoms with Crippen LogP contribution in [0.4, 0.5) is 0 Å². The molecule has 1 atom stereocenters. The minimum absolute atomic E-state index is 0.00547. The minimum atomic E-state index is -0.0154. The van der Waals surface area contributed by atoms with E-state index in [0.717, 1.165) is 23.8 Å². The molecule has 162 valence electrons. The summed E-state index contributed by atoms with van der Waals surface area (Å²) < 4.78 is 1.94. The van der Waals surface area contributed by atoms with E-state index in [4.69, 9.17) is 11.6 Å². The molecular weight excluding hydrogens is 400 g/mol. The van der Waals surface area contributed by atoms with Crippen LogP contribution in [0, 0.1) is 0 Å². The SMILES string of the molecule is CCNC/C=C/C(=O)N1Cc2ncc(C(C)=O)n2C(C)C1.CCc1ccccc1Cl. The smallest absolute Gasteiger partial charge is 0.246 e. The Kier molecular flexibility index (Phi) is 9.27. The van der Waals surface area contributed by atoms with Crippen LogP contribution < -0.4 is 5.32 Å². The van der Waals surface area contributed by atoms with Crippen molar-refractivity contribution in [2.45, 2.75) is 46.7 Å². The molecule has 0 spiro atoms. The van der Waals surface area contributed by atoms with Gasteiger partial charge < -0.3 is 14.8 Å². The Morgan fingerprint density at radius 3 is 2.63 bits per heavy atom. The molecule has 2 aromatic rings. The first-order chi connectivity index (χ1) is 14.4. The Morgan fingerprint density at radius 1 is 1.30 bits per heavy atom. The summed E-state index contributed by atoms with van der Waals surface area (Å²) in [4.78, 5) is 29.8. The van der Waals surface area contributed by atoms with Gasteiger partial charge in [-0.3, -0.25) is 9.59 Å². The first-order valence-electron chi connectivity index (χ1n) is 10.4. The number of hydrogen-bond donors (Lipinski definition) is 1. The van der Waals surface area contributed by atoms with Crippen LogP contribution >= 0.6 is 11.6 Å². The lowest BCUT2D eigenvalue weighted by atomic mass is 10.2. The number of fused-ring (bicyclic) bond motifs is 1. The molecule has 1 aliphatic heterocycles. The van der Waals surface area contributed by atoms with E-state index >= 15 is 0 Å². The van der Waals surface area contributed by atoms with E-state index in [1.165, 1.54) is 12.5 Å². The second-order valence-corrected chi connectivity index (χ2v) is 7.62. The van der Waals surface area contributed by atoms with Gasteiger partial charge in [0.05, 0.1) is 18.8 Å². The Balaban J connectivity index is 0.000000297. The molecule has 1 aromatic heterocycles. The maximum Gasteiger partial charge on any atom is 0.246 e. The number of nitrogens with zero attached hydrogens (tertiary/aromatic N) is 3. The number of carbonyl (C=O) groups excluding carboxylic acids is 2. The third-order valence-electron chi connectivity index (χ3n) is 4.91. The highest BCUT2D eigenvalue weighted by Crippen LogP contribution is 2.23. The number of carbonyl (C=O) groups is 2. The molecule has 1 aliphatic rings. The van der Waals surface area contributed by atoms with Crippen molar-refractivity contribution in [2.75, 3.05) is 19.6 Å². The molecule has 0 saturated carbocycles. The zero-order valence-corrected chi connectivity index (χ0v) is 18.9. The van der Waals surface area contributed by atoms with Crippen LogP contribution in [0.15, 0.2) is 42.6 Å². The van der Waals surface area contributed by atoms with Crippen LogP contribution in [-0.4, -0.2) is 45.8 Å². The Labute approximate surface area is 183 Å². The number of Topliss-reactive ketones (excluding diaryl/α,β-unsaturated/α-hetero) is 1. The highest BCUT2D eigenvalue weighted by Gasteiger charge is 2.28. The van der Waals surface area contributed by atoms with Gasteiger partial charge in [0.15, 0.2) is 5.78 Å². The first kappa shape index (κ1) is 23.8. The molecule has 6 nitrogen and oxygen atoms in total. The van der Waals surface area contributed by atoms with Crippen molar-refractivity contribution >= 4 is 23.3 Å². The van der Waals surface area contributed by atoms with E-state index in [1.54, 1.807) is 17.2 Å². The molecule has 2 heterocycles. The monoisotopic (exact) mass is 430 g/mol. The Morgan fingerprint density at radius 2 is 2.03 bits per heavy atom. The summed E-state index contributed by atoms with van der Waals surface area (Å²) in [5.74, 6) is 0.761. The highest BCUT2D eigenvalue weighted by atomic mass is 35.5. The number of hydrogen-bond acceptors (Lipinski definition) is 4. The lowest BCUT2D eigenvalue weighted by molar-refractivity contribution is -0.128. The maximum atomic E-state index is 12.2. The molecule has 0 aliphatic carbocycles. The van der Waals surface area contributed by atoms with Gasteiger partial charge in [0.2, 0.25) is 5.91 Å². The summed E-state index contributed by atoms with van der Waals surface area (Å²) in [5.41, 5.74) is 1.84. The van der Waals surface area contributed by atoms with Crippen LogP contribution in [0.2, 0.25) is 5.02 Å². The topological polar surface area (TPSA) is 67.2 Å². The van der Waals surface area contributed by atoms with Crippen LogP contribution in [0.1, 0.15) is 55.6 Å². The van der Waals surface area contributed by atoms with Crippen molar-refractivity contribution in [3.05, 3.63) is 64.7 Å². The summed E-state index contributed by atoms with van der Waals surface area (Å²) in [6.07, 6.45) is 6.04. The molecule has 1 N–H and O–H groups in total. The number of rotatable bonds is 6. The van der Waals surface area contributed by atoms with Gasteiger partial charge >= 0.3 is 0 Å². The number of halogens is 1. The fourth-order valence-corrected chi connectivity index (χ4v) is 3.62. The van der Waals surface area contributed by atoms with Gasteiger partial charge in [-0.15, -0.1) is 0 Å². The van der Waals surface area contributed by atoms with Crippen molar-refractivity contribution in [3.8, 4) is 0 Å². The number of likely N-dealkylation sites (N-methyl/N-ethyl adjacent to an activating group) is 1. The fraction of sp³-hybridized carbons (Fsp3) is 0.435. The summed E-state index contributed by atoms with van der Waals surface area (Å²) in [6, 6.07) is 7.97. The van der Waals surface area contributed by atoms with Crippen LogP contribution in [0.3, 0.4) is 0 Å². The lowest BCUT2D eigenvalue weighted by Crippen LogP contribution is -2.40. The molecular formula is C23H31ClN4O2. The zero-order chi connectivity index (χ0) is 22.1. The fourth-order valence-electron chi connectivity index (χ4n) is 3.35. The number of amides is 1. The molecule has 7 heteroatoms. The van der Waals surface area contributed by atoms with E-state index in [-0.39, 0.29) is 17.7 Å². The van der Waals surface area contributed by atoms with E-state index in [1.807, 2.05) is 48.8 Å². The summed E-state index contributed by atoms with van der Waals surface area (Å²) >= 11 is 5.82. The predicted molar refractivity (Wildman–Crippen MR) is 121 cm³/mol. The molecule has 1 aromatic carbocycles. The second-order valence-electron chi connectivity index (χ2n) is 7.21. The minimum Gasteiger partial charge on any atom is -0.330 e. The molecule has 3 rings (SSSR count). The Hall–Kier alpha value is -2.44. The largest absolute Gasteiger partial charge is 0.330 e. The third-order valence-corrected chi connectivity index (χ3v) is 5.28.